The number of aromatic nitrogens is 2. The molecule has 7 heteroatoms. The minimum absolute atomic E-state index is 0.0373. The minimum atomic E-state index is -0.556. The van der Waals surface area contributed by atoms with Gasteiger partial charge in [-0.25, -0.2) is 4.79 Å². The zero-order valence-corrected chi connectivity index (χ0v) is 14.9. The molecule has 7 nitrogen and oxygen atoms in total. The van der Waals surface area contributed by atoms with Gasteiger partial charge in [-0.3, -0.25) is 9.48 Å². The van der Waals surface area contributed by atoms with Crippen LogP contribution in [0.2, 0.25) is 0 Å². The van der Waals surface area contributed by atoms with Crippen molar-refractivity contribution in [1.82, 2.24) is 19.6 Å². The molecule has 0 aromatic carbocycles. The lowest BCUT2D eigenvalue weighted by Crippen LogP contribution is -2.52. The summed E-state index contributed by atoms with van der Waals surface area (Å²) in [6.45, 7) is 5.95. The second-order valence-electron chi connectivity index (χ2n) is 7.48. The van der Waals surface area contributed by atoms with Gasteiger partial charge in [0.1, 0.15) is 11.3 Å². The van der Waals surface area contributed by atoms with Crippen LogP contribution in [0.15, 0.2) is 6.07 Å². The number of carbonyl (C=O) groups excluding carboxylic acids is 2. The first-order chi connectivity index (χ1) is 11.3. The molecular formula is C17H26N4O3. The molecule has 2 aliphatic rings. The number of piperidine rings is 1. The zero-order chi connectivity index (χ0) is 17.5. The SMILES string of the molecule is CC(C)Cc1cc(C(=O)N2CCC[C@]3(CN(C)C(=O)O3)C2)n(C)n1. The van der Waals surface area contributed by atoms with Gasteiger partial charge in [-0.15, -0.1) is 0 Å². The van der Waals surface area contributed by atoms with Crippen LogP contribution in [0.1, 0.15) is 42.9 Å². The topological polar surface area (TPSA) is 67.7 Å². The van der Waals surface area contributed by atoms with Gasteiger partial charge in [0.2, 0.25) is 0 Å². The number of rotatable bonds is 3. The van der Waals surface area contributed by atoms with Crippen molar-refractivity contribution >= 4 is 12.0 Å². The number of likely N-dealkylation sites (tertiary alicyclic amines) is 1. The molecule has 0 aliphatic carbocycles. The highest BCUT2D eigenvalue weighted by atomic mass is 16.6. The summed E-state index contributed by atoms with van der Waals surface area (Å²) in [5.41, 5.74) is 0.981. The summed E-state index contributed by atoms with van der Waals surface area (Å²) in [4.78, 5) is 28.1. The lowest BCUT2D eigenvalue weighted by atomic mass is 9.92. The van der Waals surface area contributed by atoms with E-state index in [2.05, 4.69) is 18.9 Å². The predicted molar refractivity (Wildman–Crippen MR) is 88.7 cm³/mol. The Kier molecular flexibility index (Phi) is 4.27. The van der Waals surface area contributed by atoms with Crippen LogP contribution in [0.4, 0.5) is 4.79 Å². The number of ether oxygens (including phenoxy) is 1. The highest BCUT2D eigenvalue weighted by Crippen LogP contribution is 2.32. The third-order valence-electron chi connectivity index (χ3n) is 4.73. The number of likely N-dealkylation sites (N-methyl/N-ethyl adjacent to an activating group) is 1. The van der Waals surface area contributed by atoms with E-state index in [0.717, 1.165) is 25.0 Å². The van der Waals surface area contributed by atoms with Crippen molar-refractivity contribution in [2.75, 3.05) is 26.7 Å². The molecule has 24 heavy (non-hydrogen) atoms. The molecule has 3 rings (SSSR count). The lowest BCUT2D eigenvalue weighted by Gasteiger charge is -2.38. The smallest absolute Gasteiger partial charge is 0.410 e. The van der Waals surface area contributed by atoms with Crippen molar-refractivity contribution < 1.29 is 14.3 Å². The molecule has 2 fully saturated rings. The summed E-state index contributed by atoms with van der Waals surface area (Å²) in [5.74, 6) is 0.458. The maximum atomic E-state index is 12.9. The number of carbonyl (C=O) groups is 2. The molecule has 132 valence electrons. The first-order valence-electron chi connectivity index (χ1n) is 8.56. The van der Waals surface area contributed by atoms with Crippen molar-refractivity contribution in [3.8, 4) is 0 Å². The summed E-state index contributed by atoms with van der Waals surface area (Å²) in [6.07, 6.45) is 2.19. The summed E-state index contributed by atoms with van der Waals surface area (Å²) in [7, 11) is 3.54. The Morgan fingerprint density at radius 2 is 2.12 bits per heavy atom. The van der Waals surface area contributed by atoms with Crippen LogP contribution in [-0.4, -0.2) is 63.9 Å². The van der Waals surface area contributed by atoms with E-state index in [0.29, 0.717) is 31.2 Å². The van der Waals surface area contributed by atoms with E-state index in [1.54, 1.807) is 28.6 Å². The van der Waals surface area contributed by atoms with E-state index < -0.39 is 5.60 Å². The van der Waals surface area contributed by atoms with Crippen LogP contribution >= 0.6 is 0 Å². The van der Waals surface area contributed by atoms with Gasteiger partial charge < -0.3 is 14.5 Å². The molecule has 2 saturated heterocycles. The summed E-state index contributed by atoms with van der Waals surface area (Å²) < 4.78 is 7.24. The number of hydrogen-bond acceptors (Lipinski definition) is 4. The molecule has 1 atom stereocenters. The minimum Gasteiger partial charge on any atom is -0.439 e. The average molecular weight is 334 g/mol. The van der Waals surface area contributed by atoms with Crippen molar-refractivity contribution in [3.63, 3.8) is 0 Å². The molecule has 0 N–H and O–H groups in total. The lowest BCUT2D eigenvalue weighted by molar-refractivity contribution is -0.00558. The number of amides is 2. The van der Waals surface area contributed by atoms with Gasteiger partial charge in [0.25, 0.3) is 5.91 Å². The van der Waals surface area contributed by atoms with E-state index in [4.69, 9.17) is 4.74 Å². The number of aryl methyl sites for hydroxylation is 1. The van der Waals surface area contributed by atoms with Crippen molar-refractivity contribution in [2.45, 2.75) is 38.7 Å². The normalized spacial score (nSPS) is 24.1. The van der Waals surface area contributed by atoms with Gasteiger partial charge in [-0.05, 0) is 31.2 Å². The van der Waals surface area contributed by atoms with E-state index >= 15 is 0 Å². The maximum Gasteiger partial charge on any atom is 0.410 e. The largest absolute Gasteiger partial charge is 0.439 e. The Bertz CT molecular complexity index is 654. The third-order valence-corrected chi connectivity index (χ3v) is 4.73. The fraction of sp³-hybridized carbons (Fsp3) is 0.706. The second kappa shape index (κ2) is 6.11. The van der Waals surface area contributed by atoms with Crippen LogP contribution in [0, 0.1) is 5.92 Å². The fourth-order valence-corrected chi connectivity index (χ4v) is 3.68. The van der Waals surface area contributed by atoms with E-state index in [9.17, 15) is 9.59 Å². The zero-order valence-electron chi connectivity index (χ0n) is 14.9. The quantitative estimate of drug-likeness (QED) is 0.843. The van der Waals surface area contributed by atoms with Crippen LogP contribution in [-0.2, 0) is 18.2 Å². The standard InChI is InChI=1S/C17H26N4O3/c1-12(2)8-13-9-14(20(4)18-13)15(22)21-7-5-6-17(11-21)10-19(3)16(23)24-17/h9,12H,5-8,10-11H2,1-4H3/t17-/m0/s1. The Morgan fingerprint density at radius 3 is 2.75 bits per heavy atom. The molecule has 0 bridgehead atoms. The Labute approximate surface area is 142 Å². The van der Waals surface area contributed by atoms with Crippen molar-refractivity contribution in [3.05, 3.63) is 17.5 Å². The number of nitrogens with zero attached hydrogens (tertiary/aromatic N) is 4. The van der Waals surface area contributed by atoms with Crippen molar-refractivity contribution in [2.24, 2.45) is 13.0 Å². The maximum absolute atomic E-state index is 12.9. The summed E-state index contributed by atoms with van der Waals surface area (Å²) >= 11 is 0. The molecule has 1 spiro atoms. The molecular weight excluding hydrogens is 308 g/mol. The summed E-state index contributed by atoms with van der Waals surface area (Å²) in [5, 5.41) is 4.46. The molecule has 0 saturated carbocycles. The van der Waals surface area contributed by atoms with E-state index in [-0.39, 0.29) is 12.0 Å². The molecule has 3 heterocycles. The highest BCUT2D eigenvalue weighted by Gasteiger charge is 2.47. The van der Waals surface area contributed by atoms with E-state index in [1.807, 2.05) is 6.07 Å². The van der Waals surface area contributed by atoms with Crippen LogP contribution in [0.3, 0.4) is 0 Å². The van der Waals surface area contributed by atoms with Gasteiger partial charge in [-0.2, -0.15) is 5.10 Å². The van der Waals surface area contributed by atoms with Gasteiger partial charge in [-0.1, -0.05) is 13.8 Å². The summed E-state index contributed by atoms with van der Waals surface area (Å²) in [6, 6.07) is 1.89. The Hall–Kier alpha value is -2.05. The van der Waals surface area contributed by atoms with Crippen LogP contribution in [0.25, 0.3) is 0 Å². The molecule has 0 unspecified atom stereocenters. The molecule has 1 aromatic rings. The molecule has 0 radical (unpaired) electrons. The Morgan fingerprint density at radius 1 is 1.38 bits per heavy atom. The van der Waals surface area contributed by atoms with Crippen molar-refractivity contribution in [1.29, 1.82) is 0 Å². The van der Waals surface area contributed by atoms with Gasteiger partial charge in [0.15, 0.2) is 0 Å². The Balaban J connectivity index is 1.75. The molecule has 2 aliphatic heterocycles. The first kappa shape index (κ1) is 16.8. The van der Waals surface area contributed by atoms with E-state index in [1.165, 1.54) is 0 Å². The van der Waals surface area contributed by atoms with Gasteiger partial charge >= 0.3 is 6.09 Å². The monoisotopic (exact) mass is 334 g/mol. The average Bonchev–Trinajstić information content (AvgIpc) is 2.98. The third kappa shape index (κ3) is 3.12. The highest BCUT2D eigenvalue weighted by molar-refractivity contribution is 5.93. The molecule has 1 aromatic heterocycles. The second-order valence-corrected chi connectivity index (χ2v) is 7.48. The first-order valence-corrected chi connectivity index (χ1v) is 8.56. The van der Waals surface area contributed by atoms with Crippen LogP contribution in [0.5, 0.6) is 0 Å². The molecule has 2 amide bonds. The fourth-order valence-electron chi connectivity index (χ4n) is 3.68. The number of hydrogen-bond donors (Lipinski definition) is 0. The van der Waals surface area contributed by atoms with Gasteiger partial charge in [0.05, 0.1) is 18.8 Å². The van der Waals surface area contributed by atoms with Crippen LogP contribution < -0.4 is 0 Å². The predicted octanol–water partition coefficient (Wildman–Crippen LogP) is 1.68. The van der Waals surface area contributed by atoms with Gasteiger partial charge in [0, 0.05) is 20.6 Å².